The number of piperidine rings is 1. The molecule has 16 heavy (non-hydrogen) atoms. The van der Waals surface area contributed by atoms with Crippen molar-refractivity contribution >= 4 is 5.91 Å². The first-order valence-electron chi connectivity index (χ1n) is 5.39. The van der Waals surface area contributed by atoms with E-state index in [9.17, 15) is 18.0 Å². The van der Waals surface area contributed by atoms with Crippen LogP contribution in [0.1, 0.15) is 26.2 Å². The minimum Gasteiger partial charge on any atom is -0.338 e. The van der Waals surface area contributed by atoms with Crippen molar-refractivity contribution in [2.45, 2.75) is 44.4 Å². The van der Waals surface area contributed by atoms with E-state index in [2.05, 4.69) is 5.32 Å². The molecule has 1 fully saturated rings. The number of carbonyl (C=O) groups is 1. The summed E-state index contributed by atoms with van der Waals surface area (Å²) in [5, 5.41) is 2.83. The van der Waals surface area contributed by atoms with Crippen LogP contribution in [0.15, 0.2) is 0 Å². The van der Waals surface area contributed by atoms with Gasteiger partial charge in [-0.1, -0.05) is 0 Å². The van der Waals surface area contributed by atoms with Crippen LogP contribution in [0.5, 0.6) is 0 Å². The summed E-state index contributed by atoms with van der Waals surface area (Å²) in [5.41, 5.74) is 0. The molecule has 1 saturated heterocycles. The second-order valence-corrected chi connectivity index (χ2v) is 4.18. The van der Waals surface area contributed by atoms with Crippen molar-refractivity contribution in [1.29, 1.82) is 0 Å². The summed E-state index contributed by atoms with van der Waals surface area (Å²) in [6, 6.07) is -1.10. The molecule has 0 aromatic heterocycles. The number of halogens is 3. The maximum atomic E-state index is 12.2. The molecule has 2 atom stereocenters. The first-order chi connectivity index (χ1) is 7.35. The summed E-state index contributed by atoms with van der Waals surface area (Å²) < 4.78 is 36.6. The van der Waals surface area contributed by atoms with Crippen molar-refractivity contribution in [2.24, 2.45) is 0 Å². The highest BCUT2D eigenvalue weighted by molar-refractivity contribution is 5.82. The number of hydrogen-bond donors (Lipinski definition) is 1. The predicted molar refractivity (Wildman–Crippen MR) is 53.9 cm³/mol. The molecule has 3 nitrogen and oxygen atoms in total. The fourth-order valence-corrected chi connectivity index (χ4v) is 2.05. The Bertz CT molecular complexity index is 255. The Balaban J connectivity index is 2.61. The number of nitrogens with zero attached hydrogens (tertiary/aromatic N) is 1. The molecule has 1 aliphatic rings. The Morgan fingerprint density at radius 2 is 2.19 bits per heavy atom. The van der Waals surface area contributed by atoms with E-state index in [1.54, 1.807) is 7.05 Å². The van der Waals surface area contributed by atoms with Crippen LogP contribution in [-0.4, -0.2) is 42.7 Å². The SMILES string of the molecule is CNC1CCCN(C(C)CC(F)(F)F)C1=O. The Morgan fingerprint density at radius 1 is 1.56 bits per heavy atom. The average Bonchev–Trinajstić information content (AvgIpc) is 2.15. The number of likely N-dealkylation sites (N-methyl/N-ethyl adjacent to an activating group) is 1. The van der Waals surface area contributed by atoms with Gasteiger partial charge in [0.2, 0.25) is 5.91 Å². The second kappa shape index (κ2) is 5.03. The molecule has 0 aliphatic carbocycles. The molecule has 1 amide bonds. The lowest BCUT2D eigenvalue weighted by Gasteiger charge is -2.36. The molecule has 1 N–H and O–H groups in total. The highest BCUT2D eigenvalue weighted by Gasteiger charge is 2.37. The lowest BCUT2D eigenvalue weighted by atomic mass is 10.0. The zero-order valence-electron chi connectivity index (χ0n) is 9.47. The van der Waals surface area contributed by atoms with Gasteiger partial charge >= 0.3 is 6.18 Å². The lowest BCUT2D eigenvalue weighted by Crippen LogP contribution is -2.53. The summed E-state index contributed by atoms with van der Waals surface area (Å²) in [6.45, 7) is 1.87. The van der Waals surface area contributed by atoms with Gasteiger partial charge < -0.3 is 10.2 Å². The molecule has 1 heterocycles. The maximum absolute atomic E-state index is 12.2. The second-order valence-electron chi connectivity index (χ2n) is 4.18. The van der Waals surface area contributed by atoms with Gasteiger partial charge in [0.1, 0.15) is 0 Å². The standard InChI is InChI=1S/C10H17F3N2O/c1-7(6-10(11,12)13)15-5-3-4-8(14-2)9(15)16/h7-8,14H,3-6H2,1-2H3. The quantitative estimate of drug-likeness (QED) is 0.808. The average molecular weight is 238 g/mol. The molecule has 6 heteroatoms. The molecule has 1 aliphatic heterocycles. The highest BCUT2D eigenvalue weighted by atomic mass is 19.4. The van der Waals surface area contributed by atoms with Crippen molar-refractivity contribution in [3.8, 4) is 0 Å². The van der Waals surface area contributed by atoms with E-state index in [0.29, 0.717) is 13.0 Å². The number of hydrogen-bond acceptors (Lipinski definition) is 2. The first-order valence-corrected chi connectivity index (χ1v) is 5.39. The van der Waals surface area contributed by atoms with Gasteiger partial charge in [-0.15, -0.1) is 0 Å². The number of likely N-dealkylation sites (tertiary alicyclic amines) is 1. The molecule has 1 rings (SSSR count). The smallest absolute Gasteiger partial charge is 0.338 e. The zero-order chi connectivity index (χ0) is 12.3. The molecule has 0 saturated carbocycles. The van der Waals surface area contributed by atoms with Gasteiger partial charge in [0.15, 0.2) is 0 Å². The van der Waals surface area contributed by atoms with Crippen LogP contribution in [0.25, 0.3) is 0 Å². The van der Waals surface area contributed by atoms with Crippen molar-refractivity contribution < 1.29 is 18.0 Å². The number of carbonyl (C=O) groups excluding carboxylic acids is 1. The molecule has 2 unspecified atom stereocenters. The summed E-state index contributed by atoms with van der Waals surface area (Å²) >= 11 is 0. The van der Waals surface area contributed by atoms with E-state index in [4.69, 9.17) is 0 Å². The number of alkyl halides is 3. The molecular weight excluding hydrogens is 221 g/mol. The van der Waals surface area contributed by atoms with Crippen LogP contribution in [0, 0.1) is 0 Å². The Hall–Kier alpha value is -0.780. The molecule has 0 spiro atoms. The predicted octanol–water partition coefficient (Wildman–Crippen LogP) is 1.54. The van der Waals surface area contributed by atoms with E-state index in [1.165, 1.54) is 11.8 Å². The highest BCUT2D eigenvalue weighted by Crippen LogP contribution is 2.25. The van der Waals surface area contributed by atoms with Gasteiger partial charge in [-0.3, -0.25) is 4.79 Å². The van der Waals surface area contributed by atoms with Crippen LogP contribution in [-0.2, 0) is 4.79 Å². The molecule has 94 valence electrons. The molecule has 0 radical (unpaired) electrons. The summed E-state index contributed by atoms with van der Waals surface area (Å²) in [5.74, 6) is -0.217. The summed E-state index contributed by atoms with van der Waals surface area (Å²) in [6.07, 6.45) is -3.70. The topological polar surface area (TPSA) is 32.3 Å². The maximum Gasteiger partial charge on any atom is 0.391 e. The van der Waals surface area contributed by atoms with Gasteiger partial charge in [-0.2, -0.15) is 13.2 Å². The van der Waals surface area contributed by atoms with E-state index in [1.807, 2.05) is 0 Å². The first kappa shape index (κ1) is 13.3. The minimum atomic E-state index is -4.22. The number of amides is 1. The van der Waals surface area contributed by atoms with Crippen molar-refractivity contribution in [2.75, 3.05) is 13.6 Å². The molecular formula is C10H17F3N2O. The van der Waals surface area contributed by atoms with Crippen LogP contribution >= 0.6 is 0 Å². The third kappa shape index (κ3) is 3.37. The van der Waals surface area contributed by atoms with E-state index < -0.39 is 18.6 Å². The monoisotopic (exact) mass is 238 g/mol. The van der Waals surface area contributed by atoms with Crippen LogP contribution in [0.4, 0.5) is 13.2 Å². The van der Waals surface area contributed by atoms with Gasteiger partial charge in [0, 0.05) is 12.6 Å². The van der Waals surface area contributed by atoms with Crippen molar-refractivity contribution in [3.63, 3.8) is 0 Å². The zero-order valence-corrected chi connectivity index (χ0v) is 9.47. The van der Waals surface area contributed by atoms with Crippen molar-refractivity contribution in [1.82, 2.24) is 10.2 Å². The Labute approximate surface area is 93.0 Å². The van der Waals surface area contributed by atoms with E-state index in [-0.39, 0.29) is 11.9 Å². The van der Waals surface area contributed by atoms with Gasteiger partial charge in [-0.05, 0) is 26.8 Å². The van der Waals surface area contributed by atoms with Crippen LogP contribution in [0.3, 0.4) is 0 Å². The minimum absolute atomic E-state index is 0.217. The molecule has 0 aromatic rings. The number of nitrogens with one attached hydrogen (secondary N) is 1. The summed E-state index contributed by atoms with van der Waals surface area (Å²) in [7, 11) is 1.65. The van der Waals surface area contributed by atoms with Gasteiger partial charge in [-0.25, -0.2) is 0 Å². The number of rotatable bonds is 3. The van der Waals surface area contributed by atoms with Gasteiger partial charge in [0.25, 0.3) is 0 Å². The largest absolute Gasteiger partial charge is 0.391 e. The normalized spacial score (nSPS) is 24.7. The lowest BCUT2D eigenvalue weighted by molar-refractivity contribution is -0.156. The van der Waals surface area contributed by atoms with E-state index in [0.717, 1.165) is 6.42 Å². The Kier molecular flexibility index (Phi) is 4.18. The van der Waals surface area contributed by atoms with Gasteiger partial charge in [0.05, 0.1) is 12.5 Å². The Morgan fingerprint density at radius 3 is 2.69 bits per heavy atom. The van der Waals surface area contributed by atoms with Crippen molar-refractivity contribution in [3.05, 3.63) is 0 Å². The third-order valence-electron chi connectivity index (χ3n) is 2.88. The molecule has 0 bridgehead atoms. The fraction of sp³-hybridized carbons (Fsp3) is 0.900. The third-order valence-corrected chi connectivity index (χ3v) is 2.88. The fourth-order valence-electron chi connectivity index (χ4n) is 2.05. The summed E-state index contributed by atoms with van der Waals surface area (Å²) in [4.78, 5) is 13.1. The molecule has 0 aromatic carbocycles. The van der Waals surface area contributed by atoms with E-state index >= 15 is 0 Å². The van der Waals surface area contributed by atoms with Crippen LogP contribution in [0.2, 0.25) is 0 Å². The van der Waals surface area contributed by atoms with Crippen LogP contribution < -0.4 is 5.32 Å².